The number of rotatable bonds is 8. The Morgan fingerprint density at radius 2 is 1.73 bits per heavy atom. The van der Waals surface area contributed by atoms with E-state index in [-0.39, 0.29) is 17.5 Å². The first kappa shape index (κ1) is 22.2. The van der Waals surface area contributed by atoms with E-state index in [0.29, 0.717) is 22.8 Å². The number of aryl methyl sites for hydroxylation is 1. The van der Waals surface area contributed by atoms with Gasteiger partial charge in [0.05, 0.1) is 0 Å². The highest BCUT2D eigenvalue weighted by atomic mass is 32.1. The van der Waals surface area contributed by atoms with Crippen LogP contribution >= 0.6 is 11.3 Å². The number of hydrogen-bond acceptors (Lipinski definition) is 6. The molecule has 0 aliphatic rings. The van der Waals surface area contributed by atoms with Gasteiger partial charge < -0.3 is 15.4 Å². The number of hydrogen-bond donors (Lipinski definition) is 2. The number of anilines is 1. The molecule has 1 heterocycles. The number of carbonyl (C=O) groups is 2. The Morgan fingerprint density at radius 1 is 0.909 bits per heavy atom. The highest BCUT2D eigenvalue weighted by molar-refractivity contribution is 7.13. The number of carbonyl (C=O) groups excluding carboxylic acids is 2. The fourth-order valence-corrected chi connectivity index (χ4v) is 3.70. The quantitative estimate of drug-likeness (QED) is 0.402. The first-order valence-electron chi connectivity index (χ1n) is 10.3. The molecule has 0 bridgehead atoms. The van der Waals surface area contributed by atoms with Crippen LogP contribution in [0.25, 0.3) is 0 Å². The van der Waals surface area contributed by atoms with Gasteiger partial charge in [-0.1, -0.05) is 59.9 Å². The molecule has 0 fully saturated rings. The Balaban J connectivity index is 1.33. The van der Waals surface area contributed by atoms with Gasteiger partial charge in [-0.25, -0.2) is 0 Å². The van der Waals surface area contributed by atoms with Gasteiger partial charge in [-0.15, -0.1) is 10.2 Å². The van der Waals surface area contributed by atoms with Crippen molar-refractivity contribution >= 4 is 28.8 Å². The minimum absolute atomic E-state index is 0.219. The van der Waals surface area contributed by atoms with Crippen molar-refractivity contribution in [2.45, 2.75) is 20.1 Å². The third-order valence-electron chi connectivity index (χ3n) is 4.69. The molecular formula is C25H22N4O3S. The lowest BCUT2D eigenvalue weighted by atomic mass is 10.1. The van der Waals surface area contributed by atoms with Crippen molar-refractivity contribution in [2.75, 3.05) is 5.32 Å². The van der Waals surface area contributed by atoms with Crippen molar-refractivity contribution in [1.82, 2.24) is 15.5 Å². The van der Waals surface area contributed by atoms with Crippen molar-refractivity contribution in [3.05, 3.63) is 106 Å². The van der Waals surface area contributed by atoms with E-state index < -0.39 is 5.91 Å². The Labute approximate surface area is 195 Å². The lowest BCUT2D eigenvalue weighted by Crippen LogP contribution is -2.23. The van der Waals surface area contributed by atoms with Crippen molar-refractivity contribution in [2.24, 2.45) is 0 Å². The summed E-state index contributed by atoms with van der Waals surface area (Å²) in [4.78, 5) is 25.1. The second-order valence-corrected chi connectivity index (χ2v) is 8.37. The number of benzene rings is 3. The van der Waals surface area contributed by atoms with Crippen LogP contribution in [-0.4, -0.2) is 22.0 Å². The van der Waals surface area contributed by atoms with E-state index in [1.165, 1.54) is 0 Å². The standard InChI is InChI=1S/C25H22N4O3S/c1-17-7-5-12-21(13-17)32-16-22-28-29-25(33-22)24(31)27-20-11-6-10-19(14-20)23(30)26-15-18-8-3-2-4-9-18/h2-14H,15-16H2,1H3,(H,26,30)(H,27,31). The molecular weight excluding hydrogens is 436 g/mol. The van der Waals surface area contributed by atoms with Gasteiger partial charge in [0, 0.05) is 17.8 Å². The summed E-state index contributed by atoms with van der Waals surface area (Å²) in [5.41, 5.74) is 3.06. The summed E-state index contributed by atoms with van der Waals surface area (Å²) in [5.74, 6) is 0.121. The molecule has 33 heavy (non-hydrogen) atoms. The Kier molecular flexibility index (Phi) is 7.06. The summed E-state index contributed by atoms with van der Waals surface area (Å²) in [5, 5.41) is 14.5. The fourth-order valence-electron chi connectivity index (χ4n) is 3.06. The highest BCUT2D eigenvalue weighted by Gasteiger charge is 2.15. The fraction of sp³-hybridized carbons (Fsp3) is 0.120. The predicted molar refractivity (Wildman–Crippen MR) is 127 cm³/mol. The zero-order chi connectivity index (χ0) is 23.0. The van der Waals surface area contributed by atoms with Gasteiger partial charge in [0.2, 0.25) is 5.01 Å². The van der Waals surface area contributed by atoms with Crippen LogP contribution in [-0.2, 0) is 13.2 Å². The van der Waals surface area contributed by atoms with Crippen LogP contribution in [0.1, 0.15) is 36.3 Å². The first-order chi connectivity index (χ1) is 16.1. The third kappa shape index (κ3) is 6.24. The molecule has 8 heteroatoms. The Hall–Kier alpha value is -4.04. The van der Waals surface area contributed by atoms with Crippen LogP contribution in [0.15, 0.2) is 78.9 Å². The molecule has 4 aromatic rings. The zero-order valence-corrected chi connectivity index (χ0v) is 18.8. The van der Waals surface area contributed by atoms with E-state index in [1.54, 1.807) is 24.3 Å². The van der Waals surface area contributed by atoms with Gasteiger partial charge in [0.25, 0.3) is 11.8 Å². The van der Waals surface area contributed by atoms with Gasteiger partial charge in [0.15, 0.2) is 5.01 Å². The maximum absolute atomic E-state index is 12.6. The molecule has 0 saturated heterocycles. The van der Waals surface area contributed by atoms with Crippen LogP contribution in [0, 0.1) is 6.92 Å². The minimum Gasteiger partial charge on any atom is -0.486 e. The average Bonchev–Trinajstić information content (AvgIpc) is 3.31. The topological polar surface area (TPSA) is 93.2 Å². The molecule has 0 spiro atoms. The Morgan fingerprint density at radius 3 is 2.55 bits per heavy atom. The van der Waals surface area contributed by atoms with Crippen LogP contribution < -0.4 is 15.4 Å². The third-order valence-corrected chi connectivity index (χ3v) is 5.59. The first-order valence-corrected chi connectivity index (χ1v) is 11.1. The Bertz CT molecular complexity index is 1260. The average molecular weight is 459 g/mol. The molecule has 0 saturated carbocycles. The zero-order valence-electron chi connectivity index (χ0n) is 17.9. The van der Waals surface area contributed by atoms with E-state index in [2.05, 4.69) is 20.8 Å². The number of amides is 2. The predicted octanol–water partition coefficient (Wildman–Crippen LogP) is 4.61. The molecule has 2 N–H and O–H groups in total. The maximum Gasteiger partial charge on any atom is 0.286 e. The molecule has 0 unspecified atom stereocenters. The van der Waals surface area contributed by atoms with Crippen molar-refractivity contribution in [1.29, 1.82) is 0 Å². The summed E-state index contributed by atoms with van der Waals surface area (Å²) in [6.07, 6.45) is 0. The van der Waals surface area contributed by atoms with Gasteiger partial charge in [0.1, 0.15) is 12.4 Å². The monoisotopic (exact) mass is 458 g/mol. The van der Waals surface area contributed by atoms with Crippen molar-refractivity contribution < 1.29 is 14.3 Å². The van der Waals surface area contributed by atoms with Crippen LogP contribution in [0.4, 0.5) is 5.69 Å². The van der Waals surface area contributed by atoms with E-state index in [9.17, 15) is 9.59 Å². The van der Waals surface area contributed by atoms with E-state index in [0.717, 1.165) is 28.2 Å². The van der Waals surface area contributed by atoms with Gasteiger partial charge in [-0.3, -0.25) is 9.59 Å². The summed E-state index contributed by atoms with van der Waals surface area (Å²) < 4.78 is 5.71. The molecule has 2 amide bonds. The summed E-state index contributed by atoms with van der Waals surface area (Å²) >= 11 is 1.16. The molecule has 4 rings (SSSR count). The van der Waals surface area contributed by atoms with Crippen LogP contribution in [0.3, 0.4) is 0 Å². The lowest BCUT2D eigenvalue weighted by Gasteiger charge is -2.08. The van der Waals surface area contributed by atoms with E-state index >= 15 is 0 Å². The number of ether oxygens (including phenoxy) is 1. The molecule has 0 aliphatic heterocycles. The summed E-state index contributed by atoms with van der Waals surface area (Å²) in [6, 6.07) is 24.1. The normalized spacial score (nSPS) is 10.5. The number of aromatic nitrogens is 2. The van der Waals surface area contributed by atoms with Crippen molar-refractivity contribution in [3.8, 4) is 5.75 Å². The van der Waals surface area contributed by atoms with Crippen LogP contribution in [0.2, 0.25) is 0 Å². The second-order valence-electron chi connectivity index (χ2n) is 7.31. The molecule has 0 radical (unpaired) electrons. The minimum atomic E-state index is -0.392. The van der Waals surface area contributed by atoms with Crippen molar-refractivity contribution in [3.63, 3.8) is 0 Å². The molecule has 7 nitrogen and oxygen atoms in total. The summed E-state index contributed by atoms with van der Waals surface area (Å²) in [7, 11) is 0. The van der Waals surface area contributed by atoms with Crippen LogP contribution in [0.5, 0.6) is 5.75 Å². The number of nitrogens with zero attached hydrogens (tertiary/aromatic N) is 2. The second kappa shape index (κ2) is 10.5. The van der Waals surface area contributed by atoms with E-state index in [1.807, 2.05) is 61.5 Å². The molecule has 1 aromatic heterocycles. The largest absolute Gasteiger partial charge is 0.486 e. The molecule has 0 atom stereocenters. The molecule has 0 aliphatic carbocycles. The molecule has 166 valence electrons. The number of nitrogens with one attached hydrogen (secondary N) is 2. The highest BCUT2D eigenvalue weighted by Crippen LogP contribution is 2.18. The van der Waals surface area contributed by atoms with Gasteiger partial charge in [-0.2, -0.15) is 0 Å². The lowest BCUT2D eigenvalue weighted by molar-refractivity contribution is 0.0949. The molecule has 3 aromatic carbocycles. The van der Waals surface area contributed by atoms with Gasteiger partial charge in [-0.05, 0) is 48.4 Å². The SMILES string of the molecule is Cc1cccc(OCc2nnc(C(=O)Nc3cccc(C(=O)NCc4ccccc4)c3)s2)c1. The maximum atomic E-state index is 12.6. The van der Waals surface area contributed by atoms with Gasteiger partial charge >= 0.3 is 0 Å². The van der Waals surface area contributed by atoms with E-state index in [4.69, 9.17) is 4.74 Å². The summed E-state index contributed by atoms with van der Waals surface area (Å²) in [6.45, 7) is 2.64. The smallest absolute Gasteiger partial charge is 0.286 e.